The zero-order valence-electron chi connectivity index (χ0n) is 13.4. The summed E-state index contributed by atoms with van der Waals surface area (Å²) in [5.74, 6) is 0.0476. The number of carbonyl (C=O) groups is 1. The van der Waals surface area contributed by atoms with Gasteiger partial charge in [0.05, 0.1) is 10.6 Å². The van der Waals surface area contributed by atoms with Gasteiger partial charge >= 0.3 is 0 Å². The monoisotopic (exact) mass is 342 g/mol. The quantitative estimate of drug-likeness (QED) is 0.769. The van der Waals surface area contributed by atoms with Crippen LogP contribution in [-0.2, 0) is 0 Å². The van der Waals surface area contributed by atoms with Crippen molar-refractivity contribution in [2.45, 2.75) is 46.1 Å². The number of nitrogen functional groups attached to an aromatic ring is 1. The SMILES string of the molecule is CC1(C)CC2CC(C)(CN2C(=O)c2ccc(N)cc2Cl)C1.Cl. The van der Waals surface area contributed by atoms with E-state index >= 15 is 0 Å². The molecule has 0 spiro atoms. The van der Waals surface area contributed by atoms with Crippen LogP contribution in [0.3, 0.4) is 0 Å². The topological polar surface area (TPSA) is 46.3 Å². The lowest BCUT2D eigenvalue weighted by Crippen LogP contribution is -2.37. The highest BCUT2D eigenvalue weighted by atomic mass is 35.5. The number of halogens is 2. The minimum Gasteiger partial charge on any atom is -0.399 e. The van der Waals surface area contributed by atoms with Crippen molar-refractivity contribution in [3.05, 3.63) is 28.8 Å². The van der Waals surface area contributed by atoms with Crippen LogP contribution >= 0.6 is 24.0 Å². The lowest BCUT2D eigenvalue weighted by atomic mass is 9.65. The van der Waals surface area contributed by atoms with Gasteiger partial charge in [0.15, 0.2) is 0 Å². The van der Waals surface area contributed by atoms with E-state index in [4.69, 9.17) is 17.3 Å². The molecule has 2 N–H and O–H groups in total. The molecule has 1 saturated carbocycles. The molecular weight excluding hydrogens is 319 g/mol. The summed E-state index contributed by atoms with van der Waals surface area (Å²) < 4.78 is 0. The molecule has 2 atom stereocenters. The minimum absolute atomic E-state index is 0. The largest absolute Gasteiger partial charge is 0.399 e. The highest BCUT2D eigenvalue weighted by Gasteiger charge is 2.51. The van der Waals surface area contributed by atoms with Crippen LogP contribution in [0.5, 0.6) is 0 Å². The molecule has 1 aliphatic carbocycles. The summed E-state index contributed by atoms with van der Waals surface area (Å²) >= 11 is 6.21. The summed E-state index contributed by atoms with van der Waals surface area (Å²) in [5, 5.41) is 0.450. The number of nitrogens with two attached hydrogens (primary N) is 1. The van der Waals surface area contributed by atoms with Crippen LogP contribution in [0, 0.1) is 10.8 Å². The van der Waals surface area contributed by atoms with Gasteiger partial charge in [0.1, 0.15) is 0 Å². The first kappa shape index (κ1) is 17.4. The van der Waals surface area contributed by atoms with Gasteiger partial charge in [0.25, 0.3) is 5.91 Å². The highest BCUT2D eigenvalue weighted by molar-refractivity contribution is 6.34. The molecule has 0 aromatic heterocycles. The van der Waals surface area contributed by atoms with E-state index in [-0.39, 0.29) is 23.7 Å². The predicted molar refractivity (Wildman–Crippen MR) is 93.7 cm³/mol. The molecule has 3 rings (SSSR count). The Balaban J connectivity index is 0.00000176. The van der Waals surface area contributed by atoms with Crippen LogP contribution < -0.4 is 5.73 Å². The number of nitrogens with zero attached hydrogens (tertiary/aromatic N) is 1. The fourth-order valence-electron chi connectivity index (χ4n) is 4.56. The molecule has 2 fully saturated rings. The summed E-state index contributed by atoms with van der Waals surface area (Å²) in [4.78, 5) is 14.9. The number of likely N-dealkylation sites (tertiary alicyclic amines) is 1. The number of benzene rings is 1. The van der Waals surface area contributed by atoms with E-state index in [1.165, 1.54) is 6.42 Å². The smallest absolute Gasteiger partial charge is 0.255 e. The van der Waals surface area contributed by atoms with Crippen molar-refractivity contribution in [2.75, 3.05) is 12.3 Å². The lowest BCUT2D eigenvalue weighted by Gasteiger charge is -2.39. The molecule has 1 heterocycles. The Bertz CT molecular complexity index is 602. The Morgan fingerprint density at radius 1 is 1.32 bits per heavy atom. The van der Waals surface area contributed by atoms with Crippen LogP contribution in [0.15, 0.2) is 18.2 Å². The highest BCUT2D eigenvalue weighted by Crippen LogP contribution is 2.52. The Kier molecular flexibility index (Phi) is 4.44. The van der Waals surface area contributed by atoms with Crippen LogP contribution in [0.2, 0.25) is 5.02 Å². The Labute approximate surface area is 143 Å². The average Bonchev–Trinajstić information content (AvgIpc) is 2.57. The van der Waals surface area contributed by atoms with Crippen LogP contribution in [0.1, 0.15) is 50.4 Å². The molecule has 1 aliphatic heterocycles. The van der Waals surface area contributed by atoms with Crippen molar-refractivity contribution in [3.63, 3.8) is 0 Å². The molecule has 122 valence electrons. The van der Waals surface area contributed by atoms with Crippen LogP contribution in [0.25, 0.3) is 0 Å². The van der Waals surface area contributed by atoms with Gasteiger partial charge < -0.3 is 10.6 Å². The maximum Gasteiger partial charge on any atom is 0.255 e. The van der Waals surface area contributed by atoms with Gasteiger partial charge in [-0.2, -0.15) is 0 Å². The standard InChI is InChI=1S/C17H23ClN2O.ClH/c1-16(2)7-12-8-17(3,9-16)10-20(12)15(21)13-5-4-11(19)6-14(13)18;/h4-6,12H,7-10,19H2,1-3H3;1H. The third kappa shape index (κ3) is 3.07. The maximum atomic E-state index is 12.9. The van der Waals surface area contributed by atoms with E-state index in [0.717, 1.165) is 19.4 Å². The van der Waals surface area contributed by atoms with Gasteiger partial charge in [-0.25, -0.2) is 0 Å². The number of rotatable bonds is 1. The van der Waals surface area contributed by atoms with Gasteiger partial charge in [-0.15, -0.1) is 12.4 Å². The fraction of sp³-hybridized carbons (Fsp3) is 0.588. The first-order chi connectivity index (χ1) is 9.69. The average molecular weight is 343 g/mol. The van der Waals surface area contributed by atoms with Crippen LogP contribution in [0.4, 0.5) is 5.69 Å². The molecule has 2 unspecified atom stereocenters. The zero-order valence-corrected chi connectivity index (χ0v) is 14.9. The van der Waals surface area contributed by atoms with Gasteiger partial charge in [-0.3, -0.25) is 4.79 Å². The summed E-state index contributed by atoms with van der Waals surface area (Å²) in [6.45, 7) is 7.75. The van der Waals surface area contributed by atoms with Crippen molar-refractivity contribution in [2.24, 2.45) is 10.8 Å². The molecule has 0 radical (unpaired) electrons. The van der Waals surface area contributed by atoms with Crippen molar-refractivity contribution in [1.82, 2.24) is 4.90 Å². The maximum absolute atomic E-state index is 12.9. The van der Waals surface area contributed by atoms with Crippen molar-refractivity contribution < 1.29 is 4.79 Å². The number of hydrogen-bond donors (Lipinski definition) is 1. The van der Waals surface area contributed by atoms with Gasteiger partial charge in [0.2, 0.25) is 0 Å². The third-order valence-electron chi connectivity index (χ3n) is 4.90. The molecule has 5 heteroatoms. The Morgan fingerprint density at radius 3 is 2.64 bits per heavy atom. The molecule has 1 aromatic carbocycles. The lowest BCUT2D eigenvalue weighted by molar-refractivity contribution is 0.0708. The summed E-state index contributed by atoms with van der Waals surface area (Å²) in [7, 11) is 0. The van der Waals surface area contributed by atoms with E-state index in [9.17, 15) is 4.79 Å². The molecule has 3 nitrogen and oxygen atoms in total. The molecule has 1 amide bonds. The van der Waals surface area contributed by atoms with Gasteiger partial charge in [-0.1, -0.05) is 32.4 Å². The normalized spacial score (nSPS) is 29.1. The number of fused-ring (bicyclic) bond motifs is 2. The second-order valence-corrected chi connectivity index (χ2v) is 8.29. The summed E-state index contributed by atoms with van der Waals surface area (Å²) in [6, 6.07) is 5.48. The molecule has 22 heavy (non-hydrogen) atoms. The third-order valence-corrected chi connectivity index (χ3v) is 5.21. The summed E-state index contributed by atoms with van der Waals surface area (Å²) in [6.07, 6.45) is 3.35. The fourth-order valence-corrected chi connectivity index (χ4v) is 4.83. The van der Waals surface area contributed by atoms with Crippen LogP contribution in [-0.4, -0.2) is 23.4 Å². The van der Waals surface area contributed by atoms with Crippen molar-refractivity contribution >= 4 is 35.6 Å². The van der Waals surface area contributed by atoms with Gasteiger partial charge in [-0.05, 0) is 48.3 Å². The van der Waals surface area contributed by atoms with Gasteiger partial charge in [0, 0.05) is 18.3 Å². The molecule has 1 saturated heterocycles. The van der Waals surface area contributed by atoms with E-state index in [2.05, 4.69) is 20.8 Å². The first-order valence-electron chi connectivity index (χ1n) is 7.55. The minimum atomic E-state index is 0. The van der Waals surface area contributed by atoms with Crippen molar-refractivity contribution in [1.29, 1.82) is 0 Å². The number of amides is 1. The number of anilines is 1. The Morgan fingerprint density at radius 2 is 2.00 bits per heavy atom. The second-order valence-electron chi connectivity index (χ2n) is 7.89. The number of hydrogen-bond acceptors (Lipinski definition) is 2. The molecule has 2 aliphatic rings. The predicted octanol–water partition coefficient (Wildman–Crippen LogP) is 4.38. The molecule has 1 aromatic rings. The summed E-state index contributed by atoms with van der Waals surface area (Å²) in [5.41, 5.74) is 7.41. The zero-order chi connectivity index (χ0) is 15.4. The second kappa shape index (κ2) is 5.61. The number of carbonyl (C=O) groups excluding carboxylic acids is 1. The van der Waals surface area contributed by atoms with E-state index in [0.29, 0.717) is 27.7 Å². The molecule has 2 bridgehead atoms. The Hall–Kier alpha value is -0.930. The molecular formula is C17H24Cl2N2O. The van der Waals surface area contributed by atoms with E-state index in [1.54, 1.807) is 18.2 Å². The van der Waals surface area contributed by atoms with E-state index < -0.39 is 0 Å². The van der Waals surface area contributed by atoms with E-state index in [1.807, 2.05) is 4.90 Å². The first-order valence-corrected chi connectivity index (χ1v) is 7.93. The van der Waals surface area contributed by atoms with Crippen molar-refractivity contribution in [3.8, 4) is 0 Å².